The summed E-state index contributed by atoms with van der Waals surface area (Å²) in [6.07, 6.45) is 0. The van der Waals surface area contributed by atoms with Gasteiger partial charge in [-0.3, -0.25) is 29.3 Å². The number of nitrogens with one attached hydrogen (secondary N) is 2. The van der Waals surface area contributed by atoms with Crippen LogP contribution in [0.5, 0.6) is 0 Å². The highest BCUT2D eigenvalue weighted by Crippen LogP contribution is 2.17. The Balaban J connectivity index is 3.09. The molecule has 0 aliphatic heterocycles. The molecule has 0 radical (unpaired) electrons. The van der Waals surface area contributed by atoms with Gasteiger partial charge in [0.15, 0.2) is 0 Å². The summed E-state index contributed by atoms with van der Waals surface area (Å²) in [4.78, 5) is 54.3. The largest absolute Gasteiger partial charge is 0.480 e. The van der Waals surface area contributed by atoms with Gasteiger partial charge in [0.25, 0.3) is 17.5 Å². The molecule has 1 rings (SSSR count). The topological polar surface area (TPSA) is 176 Å². The minimum absolute atomic E-state index is 0.305. The van der Waals surface area contributed by atoms with Crippen LogP contribution in [-0.2, 0) is 9.59 Å². The van der Waals surface area contributed by atoms with Gasteiger partial charge in [-0.15, -0.1) is 0 Å². The lowest BCUT2D eigenvalue weighted by Crippen LogP contribution is -2.31. The molecular formula is C12H11N3O8. The first-order chi connectivity index (χ1) is 10.7. The molecule has 0 aliphatic rings. The number of carbonyl (C=O) groups is 4. The fraction of sp³-hybridized carbons (Fsp3) is 0.167. The van der Waals surface area contributed by atoms with Gasteiger partial charge < -0.3 is 20.8 Å². The monoisotopic (exact) mass is 325 g/mol. The lowest BCUT2D eigenvalue weighted by molar-refractivity contribution is -0.384. The van der Waals surface area contributed by atoms with E-state index in [1.165, 1.54) is 0 Å². The van der Waals surface area contributed by atoms with Crippen molar-refractivity contribution < 1.29 is 34.3 Å². The number of benzene rings is 1. The number of rotatable bonds is 7. The van der Waals surface area contributed by atoms with E-state index in [-0.39, 0.29) is 11.1 Å². The van der Waals surface area contributed by atoms with E-state index in [4.69, 9.17) is 10.2 Å². The lowest BCUT2D eigenvalue weighted by Gasteiger charge is -2.06. The maximum atomic E-state index is 11.7. The number of carbonyl (C=O) groups excluding carboxylic acids is 2. The number of amides is 2. The Bertz CT molecular complexity index is 637. The highest BCUT2D eigenvalue weighted by atomic mass is 16.6. The first-order valence-corrected chi connectivity index (χ1v) is 6.00. The van der Waals surface area contributed by atoms with Crippen LogP contribution in [0.3, 0.4) is 0 Å². The lowest BCUT2D eigenvalue weighted by atomic mass is 10.1. The first kappa shape index (κ1) is 17.6. The Labute approximate surface area is 128 Å². The summed E-state index contributed by atoms with van der Waals surface area (Å²) in [5.74, 6) is -4.49. The van der Waals surface area contributed by atoms with Crippen LogP contribution in [0.4, 0.5) is 5.69 Å². The van der Waals surface area contributed by atoms with Crippen molar-refractivity contribution in [1.29, 1.82) is 0 Å². The van der Waals surface area contributed by atoms with Gasteiger partial charge in [-0.2, -0.15) is 0 Å². The van der Waals surface area contributed by atoms with Gasteiger partial charge in [-0.05, 0) is 6.07 Å². The molecule has 1 aromatic rings. The standard InChI is InChI=1S/C12H11N3O8/c16-9(17)4-13-11(20)6-1-7(3-8(2-6)15(22)23)12(21)14-5-10(18)19/h1-3H,4-5H2,(H,13,20)(H,14,21)(H,16,17)(H,18,19). The van der Waals surface area contributed by atoms with Crippen molar-refractivity contribution in [1.82, 2.24) is 10.6 Å². The predicted octanol–water partition coefficient (Wildman–Crippen LogP) is -0.776. The second-order valence-electron chi connectivity index (χ2n) is 4.18. The summed E-state index contributed by atoms with van der Waals surface area (Å²) in [7, 11) is 0. The molecule has 2 amide bonds. The van der Waals surface area contributed by atoms with Crippen LogP contribution in [0, 0.1) is 10.1 Å². The molecule has 122 valence electrons. The summed E-state index contributed by atoms with van der Waals surface area (Å²) >= 11 is 0. The minimum Gasteiger partial charge on any atom is -0.480 e. The minimum atomic E-state index is -1.32. The number of aliphatic carboxylic acids is 2. The Morgan fingerprint density at radius 2 is 1.30 bits per heavy atom. The molecule has 0 spiro atoms. The first-order valence-electron chi connectivity index (χ1n) is 6.00. The Kier molecular flexibility index (Phi) is 5.72. The van der Waals surface area contributed by atoms with Crippen LogP contribution in [0.25, 0.3) is 0 Å². The molecule has 0 fully saturated rings. The van der Waals surface area contributed by atoms with E-state index < -0.39 is 47.5 Å². The third kappa shape index (κ3) is 5.41. The van der Waals surface area contributed by atoms with Crippen molar-refractivity contribution in [3.05, 3.63) is 39.4 Å². The fourth-order valence-corrected chi connectivity index (χ4v) is 1.49. The molecular weight excluding hydrogens is 314 g/mol. The van der Waals surface area contributed by atoms with Crippen LogP contribution in [0.2, 0.25) is 0 Å². The number of hydrogen-bond acceptors (Lipinski definition) is 6. The van der Waals surface area contributed by atoms with Crippen LogP contribution < -0.4 is 10.6 Å². The molecule has 0 heterocycles. The van der Waals surface area contributed by atoms with Gasteiger partial charge in [0.05, 0.1) is 4.92 Å². The van der Waals surface area contributed by atoms with Crippen LogP contribution >= 0.6 is 0 Å². The number of hydrogen-bond donors (Lipinski definition) is 4. The number of non-ortho nitro benzene ring substituents is 1. The van der Waals surface area contributed by atoms with Gasteiger partial charge >= 0.3 is 11.9 Å². The Hall–Kier alpha value is -3.50. The van der Waals surface area contributed by atoms with Crippen LogP contribution in [0.15, 0.2) is 18.2 Å². The molecule has 0 aliphatic carbocycles. The van der Waals surface area contributed by atoms with Crippen molar-refractivity contribution in [3.8, 4) is 0 Å². The zero-order valence-electron chi connectivity index (χ0n) is 11.4. The summed E-state index contributed by atoms with van der Waals surface area (Å²) in [5, 5.41) is 31.8. The smallest absolute Gasteiger partial charge is 0.322 e. The molecule has 0 bridgehead atoms. The van der Waals surface area contributed by atoms with Crippen molar-refractivity contribution >= 4 is 29.4 Å². The second-order valence-corrected chi connectivity index (χ2v) is 4.18. The number of nitro groups is 1. The number of carboxylic acids is 2. The van der Waals surface area contributed by atoms with Crippen molar-refractivity contribution in [2.45, 2.75) is 0 Å². The molecule has 0 atom stereocenters. The van der Waals surface area contributed by atoms with Crippen LogP contribution in [0.1, 0.15) is 20.7 Å². The SMILES string of the molecule is O=C(O)CNC(=O)c1cc(C(=O)NCC(=O)O)cc([N+](=O)[O-])c1. The van der Waals surface area contributed by atoms with Gasteiger partial charge in [-0.25, -0.2) is 0 Å². The summed E-state index contributed by atoms with van der Waals surface area (Å²) in [6.45, 7) is -1.41. The van der Waals surface area contributed by atoms with Gasteiger partial charge in [0, 0.05) is 23.3 Å². The second kappa shape index (κ2) is 7.49. The zero-order valence-corrected chi connectivity index (χ0v) is 11.4. The van der Waals surface area contributed by atoms with Gasteiger partial charge in [-0.1, -0.05) is 0 Å². The van der Waals surface area contributed by atoms with E-state index in [0.717, 1.165) is 18.2 Å². The van der Waals surface area contributed by atoms with E-state index in [2.05, 4.69) is 0 Å². The number of nitrogens with zero attached hydrogens (tertiary/aromatic N) is 1. The van der Waals surface area contributed by atoms with E-state index in [1.54, 1.807) is 0 Å². The maximum absolute atomic E-state index is 11.7. The molecule has 0 unspecified atom stereocenters. The third-order valence-corrected chi connectivity index (χ3v) is 2.45. The number of carboxylic acid groups (broad SMARTS) is 2. The van der Waals surface area contributed by atoms with Crippen molar-refractivity contribution in [2.75, 3.05) is 13.1 Å². The van der Waals surface area contributed by atoms with Crippen LogP contribution in [-0.4, -0.2) is 52.0 Å². The summed E-state index contributed by atoms with van der Waals surface area (Å²) in [5.41, 5.74) is -1.18. The van der Waals surface area contributed by atoms with E-state index in [9.17, 15) is 29.3 Å². The predicted molar refractivity (Wildman–Crippen MR) is 73.0 cm³/mol. The highest BCUT2D eigenvalue weighted by Gasteiger charge is 2.18. The van der Waals surface area contributed by atoms with Crippen molar-refractivity contribution in [2.24, 2.45) is 0 Å². The van der Waals surface area contributed by atoms with E-state index in [1.807, 2.05) is 10.6 Å². The molecule has 4 N–H and O–H groups in total. The summed E-state index contributed by atoms with van der Waals surface area (Å²) in [6, 6.07) is 2.72. The van der Waals surface area contributed by atoms with Gasteiger partial charge in [0.1, 0.15) is 13.1 Å². The average molecular weight is 325 g/mol. The molecule has 11 heteroatoms. The third-order valence-electron chi connectivity index (χ3n) is 2.45. The zero-order chi connectivity index (χ0) is 17.6. The Morgan fingerprint density at radius 1 is 0.913 bits per heavy atom. The normalized spacial score (nSPS) is 9.74. The average Bonchev–Trinajstić information content (AvgIpc) is 2.49. The van der Waals surface area contributed by atoms with E-state index in [0.29, 0.717) is 0 Å². The molecule has 1 aromatic carbocycles. The molecule has 0 saturated carbocycles. The molecule has 0 saturated heterocycles. The van der Waals surface area contributed by atoms with E-state index >= 15 is 0 Å². The number of nitro benzene ring substituents is 1. The Morgan fingerprint density at radius 3 is 1.61 bits per heavy atom. The maximum Gasteiger partial charge on any atom is 0.322 e. The fourth-order valence-electron chi connectivity index (χ4n) is 1.49. The quantitative estimate of drug-likeness (QED) is 0.373. The summed E-state index contributed by atoms with van der Waals surface area (Å²) < 4.78 is 0. The molecule has 11 nitrogen and oxygen atoms in total. The molecule has 0 aromatic heterocycles. The molecule has 23 heavy (non-hydrogen) atoms. The van der Waals surface area contributed by atoms with Gasteiger partial charge in [0.2, 0.25) is 0 Å². The highest BCUT2D eigenvalue weighted by molar-refractivity contribution is 6.01. The van der Waals surface area contributed by atoms with Crippen molar-refractivity contribution in [3.63, 3.8) is 0 Å².